The average molecular weight is 428 g/mol. The molecule has 1 fully saturated rings. The highest BCUT2D eigenvalue weighted by Gasteiger charge is 2.16. The highest BCUT2D eigenvalue weighted by Crippen LogP contribution is 2.17. The molecule has 0 radical (unpaired) electrons. The fourth-order valence-electron chi connectivity index (χ4n) is 3.89. The van der Waals surface area contributed by atoms with E-state index in [4.69, 9.17) is 0 Å². The molecule has 0 atom stereocenters. The number of piperazine rings is 1. The van der Waals surface area contributed by atoms with Crippen LogP contribution < -0.4 is 10.2 Å². The minimum atomic E-state index is 0.108. The molecule has 3 rings (SSSR count). The Balaban J connectivity index is 1.31. The number of thioether (sulfide) groups is 1. The molecule has 1 saturated heterocycles. The molecule has 0 saturated carbocycles. The van der Waals surface area contributed by atoms with Crippen molar-refractivity contribution >= 4 is 23.4 Å². The number of rotatable bonds is 9. The number of anilines is 1. The lowest BCUT2D eigenvalue weighted by molar-refractivity contribution is -0.121. The number of hydrogen-bond donors (Lipinski definition) is 1. The second kappa shape index (κ2) is 11.3. The van der Waals surface area contributed by atoms with Crippen LogP contribution in [0.4, 0.5) is 5.69 Å². The van der Waals surface area contributed by atoms with E-state index in [0.29, 0.717) is 12.8 Å². The maximum Gasteiger partial charge on any atom is 0.220 e. The van der Waals surface area contributed by atoms with Crippen LogP contribution in [0.25, 0.3) is 0 Å². The summed E-state index contributed by atoms with van der Waals surface area (Å²) < 4.78 is 0. The van der Waals surface area contributed by atoms with Crippen LogP contribution in [0.3, 0.4) is 0 Å². The SMILES string of the molecule is CSc1nc(C)c(CCC(=O)NCCCN2CCN(c3ccccc3)CC2)c(C)n1. The molecule has 0 unspecified atom stereocenters. The molecule has 1 N–H and O–H groups in total. The number of amides is 1. The zero-order valence-corrected chi connectivity index (χ0v) is 19.2. The monoisotopic (exact) mass is 427 g/mol. The highest BCUT2D eigenvalue weighted by molar-refractivity contribution is 7.98. The smallest absolute Gasteiger partial charge is 0.220 e. The number of nitrogens with zero attached hydrogens (tertiary/aromatic N) is 4. The first-order chi connectivity index (χ1) is 14.6. The van der Waals surface area contributed by atoms with Gasteiger partial charge in [0.15, 0.2) is 5.16 Å². The summed E-state index contributed by atoms with van der Waals surface area (Å²) in [6.07, 6.45) is 4.14. The van der Waals surface area contributed by atoms with Crippen LogP contribution in [0, 0.1) is 13.8 Å². The van der Waals surface area contributed by atoms with E-state index in [0.717, 1.165) is 67.8 Å². The zero-order valence-electron chi connectivity index (χ0n) is 18.4. The molecule has 1 aliphatic rings. The van der Waals surface area contributed by atoms with Gasteiger partial charge in [-0.15, -0.1) is 0 Å². The molecule has 30 heavy (non-hydrogen) atoms. The average Bonchev–Trinajstić information content (AvgIpc) is 2.77. The summed E-state index contributed by atoms with van der Waals surface area (Å²) >= 11 is 1.55. The predicted molar refractivity (Wildman–Crippen MR) is 124 cm³/mol. The van der Waals surface area contributed by atoms with Gasteiger partial charge in [-0.2, -0.15) is 0 Å². The van der Waals surface area contributed by atoms with Crippen LogP contribution in [0.15, 0.2) is 35.5 Å². The number of aryl methyl sites for hydroxylation is 2. The fraction of sp³-hybridized carbons (Fsp3) is 0.522. The van der Waals surface area contributed by atoms with Crippen LogP contribution in [-0.2, 0) is 11.2 Å². The fourth-order valence-corrected chi connectivity index (χ4v) is 4.34. The largest absolute Gasteiger partial charge is 0.369 e. The van der Waals surface area contributed by atoms with Crippen molar-refractivity contribution in [2.75, 3.05) is 50.4 Å². The van der Waals surface area contributed by atoms with Crippen LogP contribution >= 0.6 is 11.8 Å². The van der Waals surface area contributed by atoms with Crippen LogP contribution in [0.5, 0.6) is 0 Å². The topological polar surface area (TPSA) is 61.4 Å². The van der Waals surface area contributed by atoms with Crippen molar-refractivity contribution in [1.82, 2.24) is 20.2 Å². The van der Waals surface area contributed by atoms with Gasteiger partial charge in [-0.25, -0.2) is 9.97 Å². The van der Waals surface area contributed by atoms with Crippen LogP contribution in [0.2, 0.25) is 0 Å². The first kappa shape index (κ1) is 22.6. The number of para-hydroxylation sites is 1. The second-order valence-corrected chi connectivity index (χ2v) is 8.50. The van der Waals surface area contributed by atoms with Crippen molar-refractivity contribution in [3.05, 3.63) is 47.3 Å². The summed E-state index contributed by atoms with van der Waals surface area (Å²) in [5, 5.41) is 3.86. The van der Waals surface area contributed by atoms with E-state index in [1.807, 2.05) is 20.1 Å². The van der Waals surface area contributed by atoms with Gasteiger partial charge in [0, 0.05) is 56.2 Å². The van der Waals surface area contributed by atoms with Gasteiger partial charge >= 0.3 is 0 Å². The van der Waals surface area contributed by atoms with Gasteiger partial charge in [0.05, 0.1) is 0 Å². The molecule has 1 amide bonds. The maximum atomic E-state index is 12.2. The zero-order chi connectivity index (χ0) is 21.3. The molecule has 2 aromatic rings. The number of carbonyl (C=O) groups excluding carboxylic acids is 1. The van der Waals surface area contributed by atoms with Crippen LogP contribution in [0.1, 0.15) is 29.8 Å². The lowest BCUT2D eigenvalue weighted by Gasteiger charge is -2.36. The molecular formula is C23H33N5OS. The lowest BCUT2D eigenvalue weighted by atomic mass is 10.1. The number of carbonyl (C=O) groups is 1. The Morgan fingerprint density at radius 3 is 2.37 bits per heavy atom. The number of nitrogens with one attached hydrogen (secondary N) is 1. The van der Waals surface area contributed by atoms with E-state index < -0.39 is 0 Å². The van der Waals surface area contributed by atoms with E-state index in [-0.39, 0.29) is 5.91 Å². The minimum absolute atomic E-state index is 0.108. The Hall–Kier alpha value is -2.12. The van der Waals surface area contributed by atoms with Crippen molar-refractivity contribution in [3.63, 3.8) is 0 Å². The molecule has 7 heteroatoms. The van der Waals surface area contributed by atoms with E-state index in [2.05, 4.69) is 55.4 Å². The third-order valence-corrected chi connectivity index (χ3v) is 6.20. The Morgan fingerprint density at radius 1 is 1.07 bits per heavy atom. The third kappa shape index (κ3) is 6.44. The second-order valence-electron chi connectivity index (χ2n) is 7.73. The van der Waals surface area contributed by atoms with E-state index in [9.17, 15) is 4.79 Å². The molecule has 1 aromatic carbocycles. The quantitative estimate of drug-likeness (QED) is 0.377. The van der Waals surface area contributed by atoms with Gasteiger partial charge in [-0.05, 0) is 57.2 Å². The summed E-state index contributed by atoms with van der Waals surface area (Å²) in [5.74, 6) is 0.108. The first-order valence-electron chi connectivity index (χ1n) is 10.7. The molecule has 0 spiro atoms. The standard InChI is InChI=1S/C23H33N5OS/c1-18-21(19(2)26-23(25-18)30-3)10-11-22(29)24-12-7-13-27-14-16-28(17-15-27)20-8-5-4-6-9-20/h4-6,8-9H,7,10-17H2,1-3H3,(H,24,29). The molecule has 6 nitrogen and oxygen atoms in total. The minimum Gasteiger partial charge on any atom is -0.369 e. The van der Waals surface area contributed by atoms with Gasteiger partial charge in [0.1, 0.15) is 0 Å². The summed E-state index contributed by atoms with van der Waals surface area (Å²) in [5.41, 5.74) is 4.37. The Labute approximate surface area is 184 Å². The predicted octanol–water partition coefficient (Wildman–Crippen LogP) is 3.08. The normalized spacial score (nSPS) is 14.7. The van der Waals surface area contributed by atoms with E-state index in [1.165, 1.54) is 5.69 Å². The van der Waals surface area contributed by atoms with Crippen molar-refractivity contribution in [2.24, 2.45) is 0 Å². The van der Waals surface area contributed by atoms with Crippen molar-refractivity contribution in [2.45, 2.75) is 38.3 Å². The summed E-state index contributed by atoms with van der Waals surface area (Å²) in [6.45, 7) is 10.0. The number of hydrogen-bond acceptors (Lipinski definition) is 6. The molecule has 1 aliphatic heterocycles. The number of benzene rings is 1. The van der Waals surface area contributed by atoms with Gasteiger partial charge in [0.2, 0.25) is 5.91 Å². The Bertz CT molecular complexity index is 799. The van der Waals surface area contributed by atoms with Crippen molar-refractivity contribution in [3.8, 4) is 0 Å². The molecule has 1 aromatic heterocycles. The van der Waals surface area contributed by atoms with Crippen LogP contribution in [-0.4, -0.2) is 66.3 Å². The molecular weight excluding hydrogens is 394 g/mol. The van der Waals surface area contributed by atoms with E-state index in [1.54, 1.807) is 11.8 Å². The third-order valence-electron chi connectivity index (χ3n) is 5.65. The highest BCUT2D eigenvalue weighted by atomic mass is 32.2. The Morgan fingerprint density at radius 2 is 1.73 bits per heavy atom. The van der Waals surface area contributed by atoms with Gasteiger partial charge in [-0.3, -0.25) is 9.69 Å². The molecule has 0 bridgehead atoms. The van der Waals surface area contributed by atoms with Gasteiger partial charge in [0.25, 0.3) is 0 Å². The molecule has 2 heterocycles. The number of aromatic nitrogens is 2. The maximum absolute atomic E-state index is 12.2. The van der Waals surface area contributed by atoms with Gasteiger partial charge in [-0.1, -0.05) is 30.0 Å². The summed E-state index contributed by atoms with van der Waals surface area (Å²) in [6, 6.07) is 10.6. The van der Waals surface area contributed by atoms with Crippen molar-refractivity contribution in [1.29, 1.82) is 0 Å². The molecule has 162 valence electrons. The Kier molecular flexibility index (Phi) is 8.51. The first-order valence-corrected chi connectivity index (χ1v) is 12.0. The van der Waals surface area contributed by atoms with Crippen molar-refractivity contribution < 1.29 is 4.79 Å². The van der Waals surface area contributed by atoms with E-state index >= 15 is 0 Å². The van der Waals surface area contributed by atoms with Gasteiger partial charge < -0.3 is 10.2 Å². The molecule has 0 aliphatic carbocycles. The summed E-state index contributed by atoms with van der Waals surface area (Å²) in [4.78, 5) is 26.2. The summed E-state index contributed by atoms with van der Waals surface area (Å²) in [7, 11) is 0. The lowest BCUT2D eigenvalue weighted by Crippen LogP contribution is -2.47.